The van der Waals surface area contributed by atoms with Crippen LogP contribution in [0.3, 0.4) is 0 Å². The average molecular weight is 447 g/mol. The van der Waals surface area contributed by atoms with Crippen LogP contribution in [0.1, 0.15) is 32.3 Å². The Morgan fingerprint density at radius 3 is 2.62 bits per heavy atom. The Kier molecular flexibility index (Phi) is 8.11. The van der Waals surface area contributed by atoms with Crippen molar-refractivity contribution in [1.29, 1.82) is 5.26 Å². The minimum atomic E-state index is -1.29. The van der Waals surface area contributed by atoms with E-state index in [-0.39, 0.29) is 24.2 Å². The van der Waals surface area contributed by atoms with Gasteiger partial charge in [0, 0.05) is 25.6 Å². The summed E-state index contributed by atoms with van der Waals surface area (Å²) in [5, 5.41) is 30.8. The molecule has 170 valence electrons. The Hall–Kier alpha value is -4.14. The van der Waals surface area contributed by atoms with Gasteiger partial charge in [0.1, 0.15) is 24.4 Å². The molecule has 2 rings (SSSR count). The number of amides is 1. The van der Waals surface area contributed by atoms with Gasteiger partial charge < -0.3 is 24.2 Å². The van der Waals surface area contributed by atoms with Gasteiger partial charge in [-0.15, -0.1) is 0 Å². The number of nitrogens with zero attached hydrogens (tertiary/aromatic N) is 3. The van der Waals surface area contributed by atoms with Crippen LogP contribution in [0.15, 0.2) is 17.7 Å². The summed E-state index contributed by atoms with van der Waals surface area (Å²) in [6.07, 6.45) is -0.281. The van der Waals surface area contributed by atoms with E-state index in [1.807, 2.05) is 0 Å². The Morgan fingerprint density at radius 2 is 2.09 bits per heavy atom. The Labute approximate surface area is 182 Å². The Morgan fingerprint density at radius 1 is 1.41 bits per heavy atom. The second-order valence-corrected chi connectivity index (χ2v) is 6.60. The first-order chi connectivity index (χ1) is 15.2. The second kappa shape index (κ2) is 10.8. The smallest absolute Gasteiger partial charge is 0.499 e. The molecule has 1 fully saturated rings. The van der Waals surface area contributed by atoms with E-state index >= 15 is 0 Å². The molecule has 1 amide bonds. The summed E-state index contributed by atoms with van der Waals surface area (Å²) in [5.41, 5.74) is -1.14. The topological polar surface area (TPSA) is 169 Å². The third-order valence-electron chi connectivity index (χ3n) is 4.54. The van der Waals surface area contributed by atoms with E-state index in [1.165, 1.54) is 4.90 Å². The molecule has 12 nitrogen and oxygen atoms in total. The molecule has 0 saturated carbocycles. The normalized spacial score (nSPS) is 15.5. The first-order valence-electron chi connectivity index (χ1n) is 9.66. The van der Waals surface area contributed by atoms with Crippen LogP contribution in [0, 0.1) is 21.4 Å². The van der Waals surface area contributed by atoms with Crippen LogP contribution in [0.5, 0.6) is 11.5 Å². The molecule has 1 heterocycles. The van der Waals surface area contributed by atoms with Crippen molar-refractivity contribution in [2.45, 2.75) is 32.8 Å². The lowest BCUT2D eigenvalue weighted by atomic mass is 10.1. The molecule has 0 aliphatic carbocycles. The zero-order valence-corrected chi connectivity index (χ0v) is 17.4. The number of carbonyl (C=O) groups is 3. The van der Waals surface area contributed by atoms with Gasteiger partial charge in [0.05, 0.1) is 4.92 Å². The zero-order chi connectivity index (χ0) is 23.8. The minimum absolute atomic E-state index is 0.0286. The van der Waals surface area contributed by atoms with E-state index in [0.717, 1.165) is 18.2 Å². The summed E-state index contributed by atoms with van der Waals surface area (Å²) < 4.78 is 14.6. The highest BCUT2D eigenvalue weighted by Crippen LogP contribution is 2.38. The number of phenols is 1. The van der Waals surface area contributed by atoms with E-state index in [1.54, 1.807) is 19.9 Å². The number of ether oxygens (including phenoxy) is 3. The number of benzene rings is 1. The summed E-state index contributed by atoms with van der Waals surface area (Å²) in [6, 6.07) is 3.72. The molecule has 12 heteroatoms. The number of esters is 1. The third kappa shape index (κ3) is 5.94. The molecule has 0 aromatic heterocycles. The maximum absolute atomic E-state index is 12.4. The molecule has 1 unspecified atom stereocenters. The predicted octanol–water partition coefficient (Wildman–Crippen LogP) is 2.30. The predicted molar refractivity (Wildman–Crippen MR) is 107 cm³/mol. The number of nitro groups is 1. The molecule has 0 radical (unpaired) electrons. The van der Waals surface area contributed by atoms with Gasteiger partial charge in [0.25, 0.3) is 5.91 Å². The van der Waals surface area contributed by atoms with Crippen molar-refractivity contribution < 1.29 is 38.6 Å². The van der Waals surface area contributed by atoms with E-state index in [2.05, 4.69) is 0 Å². The molecule has 1 aromatic carbocycles. The molecule has 1 aromatic rings. The lowest BCUT2D eigenvalue weighted by Crippen LogP contribution is -2.31. The summed E-state index contributed by atoms with van der Waals surface area (Å²) in [5.74, 6) is -2.55. The SMILES string of the molecule is CCN(CC)C(=O)/C(C#N)=C/c1cc(OC(=O)OCC2CCC(=O)O2)c(O)c([N+](=O)[O-])c1. The highest BCUT2D eigenvalue weighted by atomic mass is 16.7. The molecule has 32 heavy (non-hydrogen) atoms. The zero-order valence-electron chi connectivity index (χ0n) is 17.4. The van der Waals surface area contributed by atoms with Crippen molar-refractivity contribution in [2.75, 3.05) is 19.7 Å². The van der Waals surface area contributed by atoms with Crippen LogP contribution in [0.4, 0.5) is 10.5 Å². The number of rotatable bonds is 8. The summed E-state index contributed by atoms with van der Waals surface area (Å²) >= 11 is 0. The number of cyclic esters (lactones) is 1. The molecular weight excluding hydrogens is 426 g/mol. The molecular formula is C20H21N3O9. The van der Waals surface area contributed by atoms with Gasteiger partial charge in [0.2, 0.25) is 5.75 Å². The number of nitriles is 1. The van der Waals surface area contributed by atoms with E-state index in [0.29, 0.717) is 19.5 Å². The molecule has 1 saturated heterocycles. The maximum Gasteiger partial charge on any atom is 0.514 e. The quantitative estimate of drug-likeness (QED) is 0.156. The Balaban J connectivity index is 2.29. The van der Waals surface area contributed by atoms with E-state index in [9.17, 15) is 34.9 Å². The van der Waals surface area contributed by atoms with Gasteiger partial charge in [-0.25, -0.2) is 4.79 Å². The fourth-order valence-corrected chi connectivity index (χ4v) is 2.88. The van der Waals surface area contributed by atoms with Gasteiger partial charge in [-0.1, -0.05) is 0 Å². The van der Waals surface area contributed by atoms with Gasteiger partial charge >= 0.3 is 17.8 Å². The molecule has 1 aliphatic rings. The molecule has 1 atom stereocenters. The molecule has 0 bridgehead atoms. The van der Waals surface area contributed by atoms with Crippen LogP contribution in [-0.2, 0) is 19.1 Å². The molecule has 1 aliphatic heterocycles. The van der Waals surface area contributed by atoms with Crippen LogP contribution in [0.2, 0.25) is 0 Å². The first kappa shape index (κ1) is 24.1. The van der Waals surface area contributed by atoms with Crippen LogP contribution in [0.25, 0.3) is 6.08 Å². The maximum atomic E-state index is 12.4. The summed E-state index contributed by atoms with van der Waals surface area (Å²) in [6.45, 7) is 3.86. The Bertz CT molecular complexity index is 993. The second-order valence-electron chi connectivity index (χ2n) is 6.60. The van der Waals surface area contributed by atoms with Gasteiger partial charge in [-0.3, -0.25) is 19.7 Å². The fourth-order valence-electron chi connectivity index (χ4n) is 2.88. The van der Waals surface area contributed by atoms with Crippen LogP contribution < -0.4 is 4.74 Å². The molecule has 0 spiro atoms. The van der Waals surface area contributed by atoms with Crippen molar-refractivity contribution in [3.8, 4) is 17.6 Å². The summed E-state index contributed by atoms with van der Waals surface area (Å²) in [4.78, 5) is 47.2. The minimum Gasteiger partial charge on any atom is -0.499 e. The number of hydrogen-bond donors (Lipinski definition) is 1. The first-order valence-corrected chi connectivity index (χ1v) is 9.66. The van der Waals surface area contributed by atoms with E-state index in [4.69, 9.17) is 14.2 Å². The van der Waals surface area contributed by atoms with Crippen molar-refractivity contribution in [3.05, 3.63) is 33.4 Å². The third-order valence-corrected chi connectivity index (χ3v) is 4.54. The lowest BCUT2D eigenvalue weighted by Gasteiger charge is -2.17. The standard InChI is InChI=1S/C20H21N3O9/c1-3-22(4-2)19(26)13(10-21)7-12-8-15(23(28)29)18(25)16(9-12)32-20(27)30-11-14-5-6-17(24)31-14/h7-9,14,25H,3-6,11H2,1-2H3/b13-7+. The number of phenolic OH excluding ortho intramolecular Hbond substituents is 1. The monoisotopic (exact) mass is 447 g/mol. The van der Waals surface area contributed by atoms with Gasteiger partial charge in [-0.2, -0.15) is 5.26 Å². The van der Waals surface area contributed by atoms with Gasteiger partial charge in [-0.05, 0) is 38.0 Å². The number of likely N-dealkylation sites (N-methyl/N-ethyl adjacent to an activating group) is 1. The van der Waals surface area contributed by atoms with Crippen molar-refractivity contribution in [3.63, 3.8) is 0 Å². The fraction of sp³-hybridized carbons (Fsp3) is 0.400. The van der Waals surface area contributed by atoms with Gasteiger partial charge in [0.15, 0.2) is 5.75 Å². The van der Waals surface area contributed by atoms with E-state index < -0.39 is 46.2 Å². The molecule has 1 N–H and O–H groups in total. The number of nitro benzene ring substituents is 1. The number of aromatic hydroxyl groups is 1. The highest BCUT2D eigenvalue weighted by Gasteiger charge is 2.27. The van der Waals surface area contributed by atoms with Crippen molar-refractivity contribution in [2.24, 2.45) is 0 Å². The summed E-state index contributed by atoms with van der Waals surface area (Å²) in [7, 11) is 0. The van der Waals surface area contributed by atoms with Crippen molar-refractivity contribution >= 4 is 29.8 Å². The lowest BCUT2D eigenvalue weighted by molar-refractivity contribution is -0.385. The van der Waals surface area contributed by atoms with Crippen LogP contribution >= 0.6 is 0 Å². The highest BCUT2D eigenvalue weighted by molar-refractivity contribution is 6.01. The average Bonchev–Trinajstić information content (AvgIpc) is 3.18. The number of hydrogen-bond acceptors (Lipinski definition) is 10. The largest absolute Gasteiger partial charge is 0.514 e. The van der Waals surface area contributed by atoms with Crippen molar-refractivity contribution in [1.82, 2.24) is 4.90 Å². The van der Waals surface area contributed by atoms with Crippen LogP contribution in [-0.4, -0.2) is 58.8 Å². The number of carbonyl (C=O) groups excluding carboxylic acids is 3.